The third kappa shape index (κ3) is 2.92. The van der Waals surface area contributed by atoms with Crippen LogP contribution in [0.15, 0.2) is 33.5 Å². The molecule has 1 aromatic carbocycles. The van der Waals surface area contributed by atoms with Gasteiger partial charge in [0.25, 0.3) is 0 Å². The van der Waals surface area contributed by atoms with Crippen molar-refractivity contribution in [2.45, 2.75) is 6.92 Å². The van der Waals surface area contributed by atoms with E-state index in [0.717, 1.165) is 5.39 Å². The fraction of sp³-hybridized carbons (Fsp3) is 0.231. The van der Waals surface area contributed by atoms with Crippen molar-refractivity contribution in [3.8, 4) is 0 Å². The molecule has 0 bridgehead atoms. The molecule has 0 aliphatic rings. The van der Waals surface area contributed by atoms with Gasteiger partial charge in [0.2, 0.25) is 5.91 Å². The van der Waals surface area contributed by atoms with Gasteiger partial charge in [0.05, 0.1) is 5.69 Å². The van der Waals surface area contributed by atoms with E-state index in [1.165, 1.54) is 6.92 Å². The summed E-state index contributed by atoms with van der Waals surface area (Å²) >= 11 is 0. The average Bonchev–Trinajstić information content (AvgIpc) is 2.37. The predicted octanol–water partition coefficient (Wildman–Crippen LogP) is 1.12. The maximum absolute atomic E-state index is 11.8. The fourth-order valence-electron chi connectivity index (χ4n) is 1.77. The minimum absolute atomic E-state index is 0.135. The van der Waals surface area contributed by atoms with Crippen LogP contribution in [0, 0.1) is 0 Å². The summed E-state index contributed by atoms with van der Waals surface area (Å²) in [5.41, 5.74) is 6.14. The molecule has 4 N–H and O–H groups in total. The molecule has 0 spiro atoms. The van der Waals surface area contributed by atoms with Crippen LogP contribution in [-0.4, -0.2) is 19.0 Å². The van der Waals surface area contributed by atoms with E-state index in [0.29, 0.717) is 24.4 Å². The molecule has 1 heterocycles. The molecule has 0 aliphatic carbocycles. The molecule has 0 saturated carbocycles. The molecule has 1 aromatic heterocycles. The maximum Gasteiger partial charge on any atom is 0.360 e. The molecule has 100 valence electrons. The zero-order valence-corrected chi connectivity index (χ0v) is 10.5. The van der Waals surface area contributed by atoms with Gasteiger partial charge >= 0.3 is 5.63 Å². The number of fused-ring (bicyclic) bond motifs is 1. The molecular weight excluding hydrogens is 246 g/mol. The SMILES string of the molecule is CC(=O)Nc1cc2cccc(NCCN)c2oc1=O. The number of rotatable bonds is 4. The molecule has 1 amide bonds. The van der Waals surface area contributed by atoms with Gasteiger partial charge in [0.15, 0.2) is 5.58 Å². The van der Waals surface area contributed by atoms with Gasteiger partial charge in [0, 0.05) is 25.4 Å². The largest absolute Gasteiger partial charge is 0.419 e. The second-order valence-corrected chi connectivity index (χ2v) is 4.07. The minimum atomic E-state index is -0.579. The lowest BCUT2D eigenvalue weighted by Gasteiger charge is -2.08. The van der Waals surface area contributed by atoms with Crippen molar-refractivity contribution in [1.29, 1.82) is 0 Å². The summed E-state index contributed by atoms with van der Waals surface area (Å²) in [6.07, 6.45) is 0. The van der Waals surface area contributed by atoms with Crippen LogP contribution in [-0.2, 0) is 4.79 Å². The van der Waals surface area contributed by atoms with Crippen LogP contribution >= 0.6 is 0 Å². The molecular formula is C13H15N3O3. The van der Waals surface area contributed by atoms with Crippen LogP contribution in [0.1, 0.15) is 6.92 Å². The third-order valence-corrected chi connectivity index (χ3v) is 2.53. The highest BCUT2D eigenvalue weighted by molar-refractivity contribution is 5.94. The van der Waals surface area contributed by atoms with E-state index in [9.17, 15) is 9.59 Å². The van der Waals surface area contributed by atoms with Crippen molar-refractivity contribution in [1.82, 2.24) is 0 Å². The molecule has 6 nitrogen and oxygen atoms in total. The monoisotopic (exact) mass is 261 g/mol. The number of carbonyl (C=O) groups is 1. The molecule has 6 heteroatoms. The minimum Gasteiger partial charge on any atom is -0.419 e. The Morgan fingerprint density at radius 3 is 2.84 bits per heavy atom. The number of para-hydroxylation sites is 1. The van der Waals surface area contributed by atoms with Crippen LogP contribution in [0.5, 0.6) is 0 Å². The average molecular weight is 261 g/mol. The lowest BCUT2D eigenvalue weighted by Crippen LogP contribution is -2.15. The first-order chi connectivity index (χ1) is 9.11. The Hall–Kier alpha value is -2.34. The number of hydrogen-bond donors (Lipinski definition) is 3. The first-order valence-corrected chi connectivity index (χ1v) is 5.90. The van der Waals surface area contributed by atoms with Crippen LogP contribution in [0.25, 0.3) is 11.0 Å². The Bertz CT molecular complexity index is 664. The van der Waals surface area contributed by atoms with E-state index in [2.05, 4.69) is 10.6 Å². The van der Waals surface area contributed by atoms with E-state index < -0.39 is 5.63 Å². The summed E-state index contributed by atoms with van der Waals surface area (Å²) in [6.45, 7) is 2.39. The number of carbonyl (C=O) groups excluding carboxylic acids is 1. The van der Waals surface area contributed by atoms with Crippen molar-refractivity contribution >= 4 is 28.3 Å². The second-order valence-electron chi connectivity index (χ2n) is 4.07. The van der Waals surface area contributed by atoms with Crippen LogP contribution in [0.2, 0.25) is 0 Å². The van der Waals surface area contributed by atoms with Gasteiger partial charge in [-0.15, -0.1) is 0 Å². The molecule has 0 saturated heterocycles. The van der Waals surface area contributed by atoms with Crippen molar-refractivity contribution in [3.63, 3.8) is 0 Å². The third-order valence-electron chi connectivity index (χ3n) is 2.53. The molecule has 19 heavy (non-hydrogen) atoms. The zero-order valence-electron chi connectivity index (χ0n) is 10.5. The highest BCUT2D eigenvalue weighted by Gasteiger charge is 2.09. The van der Waals surface area contributed by atoms with Gasteiger partial charge in [-0.2, -0.15) is 0 Å². The molecule has 2 aromatic rings. The number of amides is 1. The molecule has 0 unspecified atom stereocenters. The number of anilines is 2. The van der Waals surface area contributed by atoms with Crippen LogP contribution in [0.4, 0.5) is 11.4 Å². The highest BCUT2D eigenvalue weighted by atomic mass is 16.4. The number of nitrogens with one attached hydrogen (secondary N) is 2. The maximum atomic E-state index is 11.8. The first-order valence-electron chi connectivity index (χ1n) is 5.90. The first kappa shape index (κ1) is 13.1. The van der Waals surface area contributed by atoms with Gasteiger partial charge in [0.1, 0.15) is 5.69 Å². The van der Waals surface area contributed by atoms with Gasteiger partial charge in [-0.05, 0) is 12.1 Å². The molecule has 0 atom stereocenters. The predicted molar refractivity (Wildman–Crippen MR) is 74.3 cm³/mol. The van der Waals surface area contributed by atoms with Crippen LogP contribution < -0.4 is 22.0 Å². The quantitative estimate of drug-likeness (QED) is 0.716. The van der Waals surface area contributed by atoms with E-state index in [1.54, 1.807) is 18.2 Å². The van der Waals surface area contributed by atoms with Gasteiger partial charge < -0.3 is 20.8 Å². The Labute approximate surface area is 109 Å². The number of benzene rings is 1. The summed E-state index contributed by atoms with van der Waals surface area (Å²) in [5.74, 6) is -0.316. The smallest absolute Gasteiger partial charge is 0.360 e. The lowest BCUT2D eigenvalue weighted by molar-refractivity contribution is -0.114. The molecule has 0 fully saturated rings. The van der Waals surface area contributed by atoms with Gasteiger partial charge in [-0.3, -0.25) is 4.79 Å². The van der Waals surface area contributed by atoms with Crippen molar-refractivity contribution in [3.05, 3.63) is 34.7 Å². The Kier molecular flexibility index (Phi) is 3.82. The van der Waals surface area contributed by atoms with Crippen molar-refractivity contribution in [2.24, 2.45) is 5.73 Å². The summed E-state index contributed by atoms with van der Waals surface area (Å²) < 4.78 is 5.25. The lowest BCUT2D eigenvalue weighted by atomic mass is 10.2. The second kappa shape index (κ2) is 5.53. The highest BCUT2D eigenvalue weighted by Crippen LogP contribution is 2.23. The Morgan fingerprint density at radius 1 is 1.37 bits per heavy atom. The van der Waals surface area contributed by atoms with Crippen molar-refractivity contribution < 1.29 is 9.21 Å². The molecule has 0 radical (unpaired) electrons. The van der Waals surface area contributed by atoms with E-state index in [1.807, 2.05) is 6.07 Å². The summed E-state index contributed by atoms with van der Waals surface area (Å²) in [5, 5.41) is 6.25. The fourth-order valence-corrected chi connectivity index (χ4v) is 1.77. The Morgan fingerprint density at radius 2 is 2.16 bits per heavy atom. The van der Waals surface area contributed by atoms with E-state index in [4.69, 9.17) is 10.2 Å². The standard InChI is InChI=1S/C13H15N3O3/c1-8(17)16-11-7-9-3-2-4-10(15-6-5-14)12(9)19-13(11)18/h2-4,7,15H,5-6,14H2,1H3,(H,16,17). The zero-order chi connectivity index (χ0) is 13.8. The number of hydrogen-bond acceptors (Lipinski definition) is 5. The summed E-state index contributed by atoms with van der Waals surface area (Å²) in [7, 11) is 0. The summed E-state index contributed by atoms with van der Waals surface area (Å²) in [6, 6.07) is 7.03. The Balaban J connectivity index is 2.50. The van der Waals surface area contributed by atoms with E-state index >= 15 is 0 Å². The van der Waals surface area contributed by atoms with Crippen LogP contribution in [0.3, 0.4) is 0 Å². The van der Waals surface area contributed by atoms with E-state index in [-0.39, 0.29) is 11.6 Å². The van der Waals surface area contributed by atoms with Gasteiger partial charge in [-0.25, -0.2) is 4.79 Å². The topological polar surface area (TPSA) is 97.4 Å². The molecule has 0 aliphatic heterocycles. The van der Waals surface area contributed by atoms with Gasteiger partial charge in [-0.1, -0.05) is 12.1 Å². The van der Waals surface area contributed by atoms with Crippen molar-refractivity contribution in [2.75, 3.05) is 23.7 Å². The molecule has 2 rings (SSSR count). The normalized spacial score (nSPS) is 10.4. The summed E-state index contributed by atoms with van der Waals surface area (Å²) in [4.78, 5) is 22.8. The number of nitrogens with two attached hydrogens (primary N) is 1.